The highest BCUT2D eigenvalue weighted by Gasteiger charge is 2.23. The lowest BCUT2D eigenvalue weighted by atomic mass is 10.1. The lowest BCUT2D eigenvalue weighted by Crippen LogP contribution is -2.26. The zero-order valence-corrected chi connectivity index (χ0v) is 19.2. The summed E-state index contributed by atoms with van der Waals surface area (Å²) >= 11 is 0. The van der Waals surface area contributed by atoms with Crippen LogP contribution >= 0.6 is 0 Å². The maximum atomic E-state index is 12.8. The second-order valence-corrected chi connectivity index (χ2v) is 7.86. The Balaban J connectivity index is 1.66. The van der Waals surface area contributed by atoms with Crippen LogP contribution in [0.15, 0.2) is 18.2 Å². The second kappa shape index (κ2) is 11.7. The van der Waals surface area contributed by atoms with Crippen LogP contribution in [0.2, 0.25) is 0 Å². The van der Waals surface area contributed by atoms with E-state index in [9.17, 15) is 9.59 Å². The van der Waals surface area contributed by atoms with E-state index in [1.807, 2.05) is 30.7 Å². The summed E-state index contributed by atoms with van der Waals surface area (Å²) in [5, 5.41) is 7.68. The highest BCUT2D eigenvalue weighted by atomic mass is 16.5. The molecule has 1 N–H and O–H groups in total. The lowest BCUT2D eigenvalue weighted by Gasteiger charge is -2.11. The Kier molecular flexibility index (Phi) is 8.67. The number of fused-ring (bicyclic) bond motifs is 1. The van der Waals surface area contributed by atoms with E-state index in [-0.39, 0.29) is 12.5 Å². The molecule has 0 saturated carbocycles. The third-order valence-corrected chi connectivity index (χ3v) is 5.47. The standard InChI is InChI=1S/C24H33N3O5/c1-4-19-22-20(8-5-13-31-14-6-11-25-23(22)28)27(26-19)12-7-15-32-24(29)18-10-9-17(2)16-21(18)30-3/h9-10,16H,4-8,11-15H2,1-3H3,(H,25,28). The molecule has 1 aliphatic rings. The fraction of sp³-hybridized carbons (Fsp3) is 0.542. The molecule has 2 heterocycles. The van der Waals surface area contributed by atoms with E-state index in [4.69, 9.17) is 19.3 Å². The van der Waals surface area contributed by atoms with Gasteiger partial charge in [0.25, 0.3) is 5.91 Å². The molecular formula is C24H33N3O5. The molecule has 1 aromatic carbocycles. The Labute approximate surface area is 189 Å². The average Bonchev–Trinajstić information content (AvgIpc) is 3.13. The van der Waals surface area contributed by atoms with Crippen molar-refractivity contribution < 1.29 is 23.8 Å². The number of amides is 1. The van der Waals surface area contributed by atoms with Gasteiger partial charge in [0, 0.05) is 32.7 Å². The fourth-order valence-electron chi connectivity index (χ4n) is 3.83. The van der Waals surface area contributed by atoms with Crippen molar-refractivity contribution in [3.8, 4) is 5.75 Å². The first kappa shape index (κ1) is 23.8. The average molecular weight is 444 g/mol. The number of hydrogen-bond acceptors (Lipinski definition) is 6. The number of hydrogen-bond donors (Lipinski definition) is 1. The van der Waals surface area contributed by atoms with Crippen molar-refractivity contribution in [2.45, 2.75) is 52.5 Å². The molecule has 3 rings (SSSR count). The van der Waals surface area contributed by atoms with Crippen molar-refractivity contribution in [2.24, 2.45) is 0 Å². The van der Waals surface area contributed by atoms with Gasteiger partial charge >= 0.3 is 5.97 Å². The van der Waals surface area contributed by atoms with Crippen LogP contribution in [0.25, 0.3) is 0 Å². The molecule has 32 heavy (non-hydrogen) atoms. The van der Waals surface area contributed by atoms with Crippen LogP contribution in [0.5, 0.6) is 5.75 Å². The number of nitrogens with one attached hydrogen (secondary N) is 1. The number of benzene rings is 1. The van der Waals surface area contributed by atoms with Gasteiger partial charge in [0.15, 0.2) is 0 Å². The van der Waals surface area contributed by atoms with Crippen LogP contribution in [0, 0.1) is 6.92 Å². The van der Waals surface area contributed by atoms with Crippen molar-refractivity contribution in [1.82, 2.24) is 15.1 Å². The predicted octanol–water partition coefficient (Wildman–Crippen LogP) is 3.09. The molecular weight excluding hydrogens is 410 g/mol. The molecule has 1 aromatic heterocycles. The van der Waals surface area contributed by atoms with E-state index in [0.29, 0.717) is 56.0 Å². The van der Waals surface area contributed by atoms with Crippen molar-refractivity contribution in [3.63, 3.8) is 0 Å². The van der Waals surface area contributed by atoms with Crippen molar-refractivity contribution >= 4 is 11.9 Å². The molecule has 174 valence electrons. The van der Waals surface area contributed by atoms with E-state index in [0.717, 1.165) is 36.2 Å². The molecule has 8 heteroatoms. The van der Waals surface area contributed by atoms with Gasteiger partial charge in [-0.1, -0.05) is 13.0 Å². The largest absolute Gasteiger partial charge is 0.496 e. The van der Waals surface area contributed by atoms with Crippen molar-refractivity contribution in [3.05, 3.63) is 46.3 Å². The van der Waals surface area contributed by atoms with Gasteiger partial charge in [-0.25, -0.2) is 4.79 Å². The zero-order valence-electron chi connectivity index (χ0n) is 19.2. The molecule has 0 bridgehead atoms. The SMILES string of the molecule is CCc1nn(CCCOC(=O)c2ccc(C)cc2OC)c2c1C(=O)NCCCOCCC2. The Hall–Kier alpha value is -2.87. The van der Waals surface area contributed by atoms with Crippen LogP contribution in [0.1, 0.15) is 63.9 Å². The summed E-state index contributed by atoms with van der Waals surface area (Å²) < 4.78 is 18.3. The molecule has 1 amide bonds. The van der Waals surface area contributed by atoms with Gasteiger partial charge in [-0.15, -0.1) is 0 Å². The van der Waals surface area contributed by atoms with E-state index in [2.05, 4.69) is 5.32 Å². The molecule has 0 atom stereocenters. The van der Waals surface area contributed by atoms with Crippen molar-refractivity contribution in [2.75, 3.05) is 33.5 Å². The van der Waals surface area contributed by atoms with Crippen LogP contribution in [-0.2, 0) is 28.9 Å². The molecule has 0 spiro atoms. The van der Waals surface area contributed by atoms with Crippen LogP contribution in [-0.4, -0.2) is 55.1 Å². The first-order valence-corrected chi connectivity index (χ1v) is 11.3. The van der Waals surface area contributed by atoms with Gasteiger partial charge in [0.05, 0.1) is 30.7 Å². The van der Waals surface area contributed by atoms with Crippen LogP contribution < -0.4 is 10.1 Å². The minimum atomic E-state index is -0.410. The molecule has 2 aromatic rings. The predicted molar refractivity (Wildman–Crippen MR) is 120 cm³/mol. The molecule has 1 aliphatic heterocycles. The second-order valence-electron chi connectivity index (χ2n) is 7.86. The number of rotatable bonds is 7. The number of esters is 1. The fourth-order valence-corrected chi connectivity index (χ4v) is 3.83. The Bertz CT molecular complexity index is 938. The van der Waals surface area contributed by atoms with E-state index < -0.39 is 5.97 Å². The first-order chi connectivity index (χ1) is 15.5. The summed E-state index contributed by atoms with van der Waals surface area (Å²) in [5.74, 6) is 0.0301. The smallest absolute Gasteiger partial charge is 0.341 e. The Morgan fingerprint density at radius 1 is 1.28 bits per heavy atom. The Morgan fingerprint density at radius 2 is 2.09 bits per heavy atom. The number of ether oxygens (including phenoxy) is 3. The zero-order chi connectivity index (χ0) is 22.9. The number of carbonyl (C=O) groups excluding carboxylic acids is 2. The normalized spacial score (nSPS) is 14.8. The highest BCUT2D eigenvalue weighted by molar-refractivity contribution is 5.96. The summed E-state index contributed by atoms with van der Waals surface area (Å²) in [5.41, 5.74) is 3.85. The van der Waals surface area contributed by atoms with Gasteiger partial charge in [-0.2, -0.15) is 5.10 Å². The maximum absolute atomic E-state index is 12.8. The van der Waals surface area contributed by atoms with Crippen LogP contribution in [0.3, 0.4) is 0 Å². The Morgan fingerprint density at radius 3 is 2.88 bits per heavy atom. The molecule has 0 radical (unpaired) electrons. The minimum absolute atomic E-state index is 0.0668. The molecule has 0 aliphatic carbocycles. The summed E-state index contributed by atoms with van der Waals surface area (Å²) in [4.78, 5) is 25.3. The minimum Gasteiger partial charge on any atom is -0.496 e. The highest BCUT2D eigenvalue weighted by Crippen LogP contribution is 2.21. The van der Waals surface area contributed by atoms with Gasteiger partial charge in [0.2, 0.25) is 0 Å². The number of methoxy groups -OCH3 is 1. The number of nitrogens with zero attached hydrogens (tertiary/aromatic N) is 2. The summed E-state index contributed by atoms with van der Waals surface area (Å²) in [6, 6.07) is 5.39. The first-order valence-electron chi connectivity index (χ1n) is 11.3. The summed E-state index contributed by atoms with van der Waals surface area (Å²) in [6.45, 7) is 6.66. The van der Waals surface area contributed by atoms with Gasteiger partial charge in [-0.3, -0.25) is 9.48 Å². The van der Waals surface area contributed by atoms with E-state index in [1.54, 1.807) is 6.07 Å². The number of aromatic nitrogens is 2. The molecule has 0 unspecified atom stereocenters. The van der Waals surface area contributed by atoms with E-state index in [1.165, 1.54) is 7.11 Å². The third kappa shape index (κ3) is 5.88. The molecule has 8 nitrogen and oxygen atoms in total. The molecule has 0 saturated heterocycles. The monoisotopic (exact) mass is 443 g/mol. The van der Waals surface area contributed by atoms with Gasteiger partial charge in [0.1, 0.15) is 11.3 Å². The number of aryl methyl sites for hydroxylation is 3. The maximum Gasteiger partial charge on any atom is 0.341 e. The van der Waals surface area contributed by atoms with Crippen LogP contribution in [0.4, 0.5) is 0 Å². The third-order valence-electron chi connectivity index (χ3n) is 5.47. The van der Waals surface area contributed by atoms with E-state index >= 15 is 0 Å². The molecule has 0 fully saturated rings. The lowest BCUT2D eigenvalue weighted by molar-refractivity contribution is 0.0491. The number of carbonyl (C=O) groups is 2. The van der Waals surface area contributed by atoms with Gasteiger partial charge in [-0.05, 0) is 50.3 Å². The topological polar surface area (TPSA) is 91.7 Å². The van der Waals surface area contributed by atoms with Gasteiger partial charge < -0.3 is 19.5 Å². The quantitative estimate of drug-likeness (QED) is 0.522. The summed E-state index contributed by atoms with van der Waals surface area (Å²) in [7, 11) is 1.54. The van der Waals surface area contributed by atoms with Crippen molar-refractivity contribution in [1.29, 1.82) is 0 Å². The summed E-state index contributed by atoms with van der Waals surface area (Å²) in [6.07, 6.45) is 3.62.